The summed E-state index contributed by atoms with van der Waals surface area (Å²) >= 11 is 0. The smallest absolute Gasteiger partial charge is 0.212 e. The fourth-order valence-corrected chi connectivity index (χ4v) is 3.44. The molecule has 0 spiro atoms. The van der Waals surface area contributed by atoms with E-state index in [1.54, 1.807) is 6.92 Å². The molecule has 1 aliphatic carbocycles. The third-order valence-corrected chi connectivity index (χ3v) is 4.93. The van der Waals surface area contributed by atoms with Crippen molar-refractivity contribution in [1.82, 2.24) is 10.0 Å². The number of nitrogens with one attached hydrogen (secondary N) is 2. The van der Waals surface area contributed by atoms with Crippen molar-refractivity contribution in [3.63, 3.8) is 0 Å². The van der Waals surface area contributed by atoms with Gasteiger partial charge in [0, 0.05) is 6.04 Å². The number of aryl methyl sites for hydroxylation is 1. The fourth-order valence-electron chi connectivity index (χ4n) is 2.08. The summed E-state index contributed by atoms with van der Waals surface area (Å²) in [4.78, 5) is 0. The third kappa shape index (κ3) is 5.26. The van der Waals surface area contributed by atoms with E-state index in [1.165, 1.54) is 12.8 Å². The molecule has 0 bridgehead atoms. The van der Waals surface area contributed by atoms with Gasteiger partial charge in [0.15, 0.2) is 0 Å². The Labute approximate surface area is 121 Å². The van der Waals surface area contributed by atoms with Crippen molar-refractivity contribution in [2.45, 2.75) is 51.6 Å². The van der Waals surface area contributed by atoms with Crippen molar-refractivity contribution in [2.24, 2.45) is 0 Å². The van der Waals surface area contributed by atoms with Gasteiger partial charge in [-0.2, -0.15) is 0 Å². The second-order valence-electron chi connectivity index (χ2n) is 5.54. The van der Waals surface area contributed by atoms with Crippen LogP contribution in [-0.2, 0) is 10.0 Å². The van der Waals surface area contributed by atoms with Crippen LogP contribution in [0.15, 0.2) is 16.5 Å². The van der Waals surface area contributed by atoms with E-state index < -0.39 is 10.0 Å². The van der Waals surface area contributed by atoms with Crippen molar-refractivity contribution in [2.75, 3.05) is 12.3 Å². The van der Waals surface area contributed by atoms with Crippen LogP contribution < -0.4 is 10.0 Å². The zero-order chi connectivity index (χ0) is 14.6. The lowest BCUT2D eigenvalue weighted by molar-refractivity contribution is 0.441. The van der Waals surface area contributed by atoms with Gasteiger partial charge in [0.1, 0.15) is 11.5 Å². The minimum absolute atomic E-state index is 0.170. The molecular weight excluding hydrogens is 276 g/mol. The zero-order valence-electron chi connectivity index (χ0n) is 12.2. The normalized spacial score (nSPS) is 17.3. The second-order valence-corrected chi connectivity index (χ2v) is 7.42. The standard InChI is InChI=1S/C14H24N2O3S/c1-11-5-8-14(19-11)12(2)16-20(17,18)10-4-3-9-15-13-6-7-13/h5,8,12-13,15-16H,3-4,6-7,9-10H2,1-2H3. The largest absolute Gasteiger partial charge is 0.465 e. The van der Waals surface area contributed by atoms with Crippen LogP contribution in [0.4, 0.5) is 0 Å². The van der Waals surface area contributed by atoms with Crippen molar-refractivity contribution in [1.29, 1.82) is 0 Å². The number of sulfonamides is 1. The highest BCUT2D eigenvalue weighted by atomic mass is 32.2. The molecule has 0 amide bonds. The van der Waals surface area contributed by atoms with Crippen LogP contribution in [0.2, 0.25) is 0 Å². The highest BCUT2D eigenvalue weighted by molar-refractivity contribution is 7.89. The lowest BCUT2D eigenvalue weighted by Crippen LogP contribution is -2.29. The van der Waals surface area contributed by atoms with E-state index >= 15 is 0 Å². The predicted octanol–water partition coefficient (Wildman–Crippen LogP) is 2.10. The first-order valence-electron chi connectivity index (χ1n) is 7.26. The predicted molar refractivity (Wildman–Crippen MR) is 79.0 cm³/mol. The van der Waals surface area contributed by atoms with Crippen molar-refractivity contribution in [3.05, 3.63) is 23.7 Å². The number of unbranched alkanes of at least 4 members (excludes halogenated alkanes) is 1. The van der Waals surface area contributed by atoms with Crippen LogP contribution in [0.25, 0.3) is 0 Å². The van der Waals surface area contributed by atoms with E-state index in [-0.39, 0.29) is 11.8 Å². The average Bonchev–Trinajstić information content (AvgIpc) is 3.08. The first-order chi connectivity index (χ1) is 9.46. The van der Waals surface area contributed by atoms with E-state index in [2.05, 4.69) is 10.0 Å². The molecule has 1 aromatic heterocycles. The first-order valence-corrected chi connectivity index (χ1v) is 8.91. The molecular formula is C14H24N2O3S. The number of hydrogen-bond acceptors (Lipinski definition) is 4. The van der Waals surface area contributed by atoms with Crippen molar-refractivity contribution < 1.29 is 12.8 Å². The Kier molecular flexibility index (Phi) is 5.23. The molecule has 1 atom stereocenters. The Balaban J connectivity index is 1.69. The Morgan fingerprint density at radius 3 is 2.70 bits per heavy atom. The van der Waals surface area contributed by atoms with Gasteiger partial charge in [-0.05, 0) is 58.2 Å². The van der Waals surface area contributed by atoms with Crippen LogP contribution in [0.3, 0.4) is 0 Å². The minimum atomic E-state index is -3.24. The molecule has 2 rings (SSSR count). The lowest BCUT2D eigenvalue weighted by Gasteiger charge is -2.12. The first kappa shape index (κ1) is 15.5. The van der Waals surface area contributed by atoms with Gasteiger partial charge in [-0.3, -0.25) is 0 Å². The Morgan fingerprint density at radius 1 is 1.35 bits per heavy atom. The Bertz CT molecular complexity index is 520. The molecule has 20 heavy (non-hydrogen) atoms. The van der Waals surface area contributed by atoms with Gasteiger partial charge in [-0.1, -0.05) is 0 Å². The fraction of sp³-hybridized carbons (Fsp3) is 0.714. The van der Waals surface area contributed by atoms with Crippen LogP contribution in [0, 0.1) is 6.92 Å². The number of hydrogen-bond donors (Lipinski definition) is 2. The van der Waals surface area contributed by atoms with Gasteiger partial charge >= 0.3 is 0 Å². The minimum Gasteiger partial charge on any atom is -0.465 e. The van der Waals surface area contributed by atoms with E-state index in [4.69, 9.17) is 4.42 Å². The molecule has 6 heteroatoms. The molecule has 1 fully saturated rings. The zero-order valence-corrected chi connectivity index (χ0v) is 13.0. The molecule has 0 aromatic carbocycles. The average molecular weight is 300 g/mol. The van der Waals surface area contributed by atoms with E-state index in [0.717, 1.165) is 18.7 Å². The van der Waals surface area contributed by atoms with Gasteiger partial charge in [-0.25, -0.2) is 13.1 Å². The summed E-state index contributed by atoms with van der Waals surface area (Å²) in [5.74, 6) is 1.61. The monoisotopic (exact) mass is 300 g/mol. The molecule has 0 saturated heterocycles. The highest BCUT2D eigenvalue weighted by Gasteiger charge is 2.20. The Hall–Kier alpha value is -0.850. The number of rotatable bonds is 9. The lowest BCUT2D eigenvalue weighted by atomic mass is 10.3. The maximum atomic E-state index is 12.0. The molecule has 5 nitrogen and oxygen atoms in total. The molecule has 1 heterocycles. The second kappa shape index (κ2) is 6.74. The molecule has 1 aromatic rings. The maximum Gasteiger partial charge on any atom is 0.212 e. The topological polar surface area (TPSA) is 71.3 Å². The summed E-state index contributed by atoms with van der Waals surface area (Å²) in [6.07, 6.45) is 4.10. The van der Waals surface area contributed by atoms with Crippen LogP contribution in [-0.4, -0.2) is 26.8 Å². The third-order valence-electron chi connectivity index (χ3n) is 3.39. The van der Waals surface area contributed by atoms with Gasteiger partial charge in [-0.15, -0.1) is 0 Å². The molecule has 1 saturated carbocycles. The van der Waals surface area contributed by atoms with Gasteiger partial charge in [0.05, 0.1) is 11.8 Å². The van der Waals surface area contributed by atoms with Gasteiger partial charge < -0.3 is 9.73 Å². The summed E-state index contributed by atoms with van der Waals surface area (Å²) in [6, 6.07) is 4.01. The molecule has 2 N–H and O–H groups in total. The van der Waals surface area contributed by atoms with Crippen molar-refractivity contribution >= 4 is 10.0 Å². The SMILES string of the molecule is Cc1ccc(C(C)NS(=O)(=O)CCCCNC2CC2)o1. The molecule has 0 aliphatic heterocycles. The van der Waals surface area contributed by atoms with E-state index in [9.17, 15) is 8.42 Å². The summed E-state index contributed by atoms with van der Waals surface area (Å²) < 4.78 is 32.0. The highest BCUT2D eigenvalue weighted by Crippen LogP contribution is 2.18. The summed E-state index contributed by atoms with van der Waals surface area (Å²) in [6.45, 7) is 4.55. The maximum absolute atomic E-state index is 12.0. The number of furan rings is 1. The molecule has 1 unspecified atom stereocenters. The van der Waals surface area contributed by atoms with Crippen LogP contribution in [0.5, 0.6) is 0 Å². The summed E-state index contributed by atoms with van der Waals surface area (Å²) in [7, 11) is -3.24. The molecule has 114 valence electrons. The Morgan fingerprint density at radius 2 is 2.10 bits per heavy atom. The molecule has 1 aliphatic rings. The molecule has 0 radical (unpaired) electrons. The summed E-state index contributed by atoms with van der Waals surface area (Å²) in [5, 5.41) is 3.38. The quantitative estimate of drug-likeness (QED) is 0.685. The van der Waals surface area contributed by atoms with Crippen LogP contribution >= 0.6 is 0 Å². The van der Waals surface area contributed by atoms with E-state index in [0.29, 0.717) is 18.2 Å². The van der Waals surface area contributed by atoms with Gasteiger partial charge in [0.25, 0.3) is 0 Å². The van der Waals surface area contributed by atoms with Crippen molar-refractivity contribution in [3.8, 4) is 0 Å². The van der Waals surface area contributed by atoms with Gasteiger partial charge in [0.2, 0.25) is 10.0 Å². The van der Waals surface area contributed by atoms with E-state index in [1.807, 2.05) is 19.1 Å². The summed E-state index contributed by atoms with van der Waals surface area (Å²) in [5.41, 5.74) is 0. The van der Waals surface area contributed by atoms with Crippen LogP contribution in [0.1, 0.15) is 50.2 Å².